The van der Waals surface area contributed by atoms with E-state index in [9.17, 15) is 17.6 Å². The van der Waals surface area contributed by atoms with Gasteiger partial charge in [0.15, 0.2) is 0 Å². The molecule has 0 radical (unpaired) electrons. The van der Waals surface area contributed by atoms with Gasteiger partial charge in [-0.25, -0.2) is 17.9 Å². The van der Waals surface area contributed by atoms with E-state index >= 15 is 0 Å². The first-order valence-electron chi connectivity index (χ1n) is 6.17. The molecule has 0 spiro atoms. The van der Waals surface area contributed by atoms with Gasteiger partial charge in [0, 0.05) is 24.1 Å². The molecule has 3 N–H and O–H groups in total. The van der Waals surface area contributed by atoms with Gasteiger partial charge in [0.1, 0.15) is 5.82 Å². The molecule has 1 atom stereocenters. The lowest BCUT2D eigenvalue weighted by atomic mass is 10.1. The van der Waals surface area contributed by atoms with Crippen molar-refractivity contribution >= 4 is 33.4 Å². The van der Waals surface area contributed by atoms with Crippen LogP contribution in [0.25, 0.3) is 0 Å². The molecule has 1 aliphatic heterocycles. The van der Waals surface area contributed by atoms with Gasteiger partial charge in [-0.3, -0.25) is 4.79 Å². The summed E-state index contributed by atoms with van der Waals surface area (Å²) in [6, 6.07) is 3.10. The largest absolute Gasteiger partial charge is 0.481 e. The molecule has 21 heavy (non-hydrogen) atoms. The molecule has 0 saturated carbocycles. The van der Waals surface area contributed by atoms with Gasteiger partial charge < -0.3 is 10.0 Å². The zero-order chi connectivity index (χ0) is 15.6. The van der Waals surface area contributed by atoms with Crippen molar-refractivity contribution in [2.24, 2.45) is 5.14 Å². The van der Waals surface area contributed by atoms with Crippen molar-refractivity contribution in [2.45, 2.75) is 17.4 Å². The van der Waals surface area contributed by atoms with Crippen molar-refractivity contribution < 1.29 is 22.7 Å². The molecular weight excluding hydrogens is 319 g/mol. The Morgan fingerprint density at radius 2 is 2.24 bits per heavy atom. The lowest BCUT2D eigenvalue weighted by molar-refractivity contribution is -0.137. The number of anilines is 1. The first kappa shape index (κ1) is 16.1. The van der Waals surface area contributed by atoms with Crippen LogP contribution in [0.2, 0.25) is 0 Å². The highest BCUT2D eigenvalue weighted by molar-refractivity contribution is 7.99. The highest BCUT2D eigenvalue weighted by atomic mass is 32.2. The number of thioether (sulfide) groups is 1. The summed E-state index contributed by atoms with van der Waals surface area (Å²) >= 11 is 1.61. The zero-order valence-electron chi connectivity index (χ0n) is 11.0. The Balaban J connectivity index is 2.33. The number of rotatable bonds is 4. The number of aliphatic carboxylic acids is 1. The standard InChI is InChI=1S/C12H15FN2O4S2/c13-10-6-9(21(14,18)19)1-2-11(10)15-3-4-20-7-8(15)5-12(16)17/h1-2,6,8H,3-5,7H2,(H,16,17)(H2,14,18,19). The number of primary sulfonamides is 1. The number of sulfonamides is 1. The van der Waals surface area contributed by atoms with E-state index in [4.69, 9.17) is 10.2 Å². The highest BCUT2D eigenvalue weighted by Gasteiger charge is 2.27. The van der Waals surface area contributed by atoms with Crippen LogP contribution in [0.5, 0.6) is 0 Å². The number of benzene rings is 1. The third-order valence-corrected chi connectivity index (χ3v) is 5.20. The number of hydrogen-bond donors (Lipinski definition) is 2. The third kappa shape index (κ3) is 3.86. The highest BCUT2D eigenvalue weighted by Crippen LogP contribution is 2.29. The fourth-order valence-corrected chi connectivity index (χ4v) is 3.83. The predicted octanol–water partition coefficient (Wildman–Crippen LogP) is 0.870. The Morgan fingerprint density at radius 1 is 1.52 bits per heavy atom. The van der Waals surface area contributed by atoms with Crippen LogP contribution in [-0.4, -0.2) is 43.6 Å². The fourth-order valence-electron chi connectivity index (χ4n) is 2.24. The molecule has 0 bridgehead atoms. The molecule has 6 nitrogen and oxygen atoms in total. The third-order valence-electron chi connectivity index (χ3n) is 3.19. The summed E-state index contributed by atoms with van der Waals surface area (Å²) < 4.78 is 36.6. The number of nitrogens with zero attached hydrogens (tertiary/aromatic N) is 1. The van der Waals surface area contributed by atoms with Gasteiger partial charge in [-0.1, -0.05) is 0 Å². The van der Waals surface area contributed by atoms with E-state index in [1.165, 1.54) is 12.1 Å². The zero-order valence-corrected chi connectivity index (χ0v) is 12.7. The molecule has 1 unspecified atom stereocenters. The van der Waals surface area contributed by atoms with Crippen molar-refractivity contribution in [2.75, 3.05) is 23.0 Å². The number of carboxylic acids is 1. The van der Waals surface area contributed by atoms with Crippen molar-refractivity contribution in [3.8, 4) is 0 Å². The maximum Gasteiger partial charge on any atom is 0.305 e. The van der Waals surface area contributed by atoms with Crippen LogP contribution in [0.4, 0.5) is 10.1 Å². The van der Waals surface area contributed by atoms with Crippen LogP contribution in [0.3, 0.4) is 0 Å². The van der Waals surface area contributed by atoms with Crippen LogP contribution in [0.15, 0.2) is 23.1 Å². The van der Waals surface area contributed by atoms with E-state index in [0.717, 1.165) is 11.8 Å². The van der Waals surface area contributed by atoms with Crippen LogP contribution in [0, 0.1) is 5.82 Å². The summed E-state index contributed by atoms with van der Waals surface area (Å²) in [6.07, 6.45) is -0.0939. The molecule has 0 aromatic heterocycles. The normalized spacial score (nSPS) is 19.5. The van der Waals surface area contributed by atoms with Gasteiger partial charge in [-0.05, 0) is 18.2 Å². The van der Waals surface area contributed by atoms with Crippen molar-refractivity contribution in [1.82, 2.24) is 0 Å². The van der Waals surface area contributed by atoms with Crippen LogP contribution < -0.4 is 10.0 Å². The number of hydrogen-bond acceptors (Lipinski definition) is 5. The Bertz CT molecular complexity index is 651. The van der Waals surface area contributed by atoms with Gasteiger partial charge in [-0.15, -0.1) is 0 Å². The Kier molecular flexibility index (Phi) is 4.74. The average Bonchev–Trinajstić information content (AvgIpc) is 2.38. The summed E-state index contributed by atoms with van der Waals surface area (Å²) in [4.78, 5) is 12.3. The average molecular weight is 334 g/mol. The predicted molar refractivity (Wildman–Crippen MR) is 78.5 cm³/mol. The molecular formula is C12H15FN2O4S2. The van der Waals surface area contributed by atoms with Crippen molar-refractivity contribution in [1.29, 1.82) is 0 Å². The SMILES string of the molecule is NS(=O)(=O)c1ccc(N2CCSCC2CC(=O)O)c(F)c1. The second-order valence-electron chi connectivity index (χ2n) is 4.68. The van der Waals surface area contributed by atoms with E-state index in [0.29, 0.717) is 12.3 Å². The minimum Gasteiger partial charge on any atom is -0.481 e. The van der Waals surface area contributed by atoms with E-state index in [1.807, 2.05) is 0 Å². The molecule has 0 amide bonds. The molecule has 116 valence electrons. The Morgan fingerprint density at radius 3 is 2.81 bits per heavy atom. The van der Waals surface area contributed by atoms with Crippen molar-refractivity contribution in [3.63, 3.8) is 0 Å². The maximum atomic E-state index is 14.2. The lowest BCUT2D eigenvalue weighted by Gasteiger charge is -2.36. The Labute approximate surface area is 126 Å². The van der Waals surface area contributed by atoms with Crippen LogP contribution in [-0.2, 0) is 14.8 Å². The Hall–Kier alpha value is -1.32. The smallest absolute Gasteiger partial charge is 0.305 e. The maximum absolute atomic E-state index is 14.2. The first-order valence-corrected chi connectivity index (χ1v) is 8.87. The molecule has 1 aliphatic rings. The molecule has 1 heterocycles. The minimum absolute atomic E-state index is 0.0939. The summed E-state index contributed by atoms with van der Waals surface area (Å²) in [5.74, 6) is -0.326. The van der Waals surface area contributed by atoms with E-state index in [-0.39, 0.29) is 23.0 Å². The second kappa shape index (κ2) is 6.20. The number of nitrogens with two attached hydrogens (primary N) is 1. The van der Waals surface area contributed by atoms with Gasteiger partial charge in [-0.2, -0.15) is 11.8 Å². The van der Waals surface area contributed by atoms with Crippen molar-refractivity contribution in [3.05, 3.63) is 24.0 Å². The monoisotopic (exact) mass is 334 g/mol. The first-order chi connectivity index (χ1) is 9.79. The summed E-state index contributed by atoms with van der Waals surface area (Å²) in [6.45, 7) is 0.508. The number of carbonyl (C=O) groups is 1. The molecule has 1 saturated heterocycles. The van der Waals surface area contributed by atoms with Gasteiger partial charge in [0.05, 0.1) is 17.0 Å². The van der Waals surface area contributed by atoms with Crippen LogP contribution in [0.1, 0.15) is 6.42 Å². The lowest BCUT2D eigenvalue weighted by Crippen LogP contribution is -2.44. The summed E-state index contributed by atoms with van der Waals surface area (Å²) in [7, 11) is -3.96. The topological polar surface area (TPSA) is 101 Å². The van der Waals surface area contributed by atoms with Gasteiger partial charge in [0.2, 0.25) is 10.0 Å². The molecule has 1 aromatic rings. The molecule has 1 fully saturated rings. The number of carboxylic acid groups (broad SMARTS) is 1. The van der Waals surface area contributed by atoms with Gasteiger partial charge in [0.25, 0.3) is 0 Å². The van der Waals surface area contributed by atoms with Crippen LogP contribution >= 0.6 is 11.8 Å². The fraction of sp³-hybridized carbons (Fsp3) is 0.417. The molecule has 2 rings (SSSR count). The second-order valence-corrected chi connectivity index (χ2v) is 7.39. The molecule has 0 aliphatic carbocycles. The summed E-state index contributed by atoms with van der Waals surface area (Å²) in [5, 5.41) is 13.9. The molecule has 9 heteroatoms. The number of halogens is 1. The summed E-state index contributed by atoms with van der Waals surface area (Å²) in [5.41, 5.74) is 0.203. The van der Waals surface area contributed by atoms with E-state index < -0.39 is 21.8 Å². The molecule has 1 aromatic carbocycles. The minimum atomic E-state index is -3.96. The van der Waals surface area contributed by atoms with E-state index in [2.05, 4.69) is 0 Å². The quantitative estimate of drug-likeness (QED) is 0.847. The van der Waals surface area contributed by atoms with E-state index in [1.54, 1.807) is 16.7 Å². The van der Waals surface area contributed by atoms with Gasteiger partial charge >= 0.3 is 5.97 Å².